The molecule has 2 rings (SSSR count). The number of halogens is 3. The van der Waals surface area contributed by atoms with Crippen LogP contribution in [0.5, 0.6) is 5.88 Å². The van der Waals surface area contributed by atoms with Gasteiger partial charge < -0.3 is 14.2 Å². The number of hydrogen-bond donors (Lipinski definition) is 1. The Balaban J connectivity index is 2.52. The highest BCUT2D eigenvalue weighted by atomic mass is 32.2. The number of amides is 1. The van der Waals surface area contributed by atoms with Crippen LogP contribution in [0.15, 0.2) is 0 Å². The summed E-state index contributed by atoms with van der Waals surface area (Å²) in [4.78, 5) is 12.2. The second-order valence-electron chi connectivity index (χ2n) is 6.57. The van der Waals surface area contributed by atoms with E-state index in [0.29, 0.717) is 5.69 Å². The van der Waals surface area contributed by atoms with Crippen molar-refractivity contribution >= 4 is 16.2 Å². The molecule has 0 spiro atoms. The van der Waals surface area contributed by atoms with E-state index in [1.165, 1.54) is 0 Å². The molecule has 2 heterocycles. The van der Waals surface area contributed by atoms with Crippen LogP contribution in [0, 0.1) is 0 Å². The molecule has 1 aliphatic rings. The molecule has 0 saturated carbocycles. The van der Waals surface area contributed by atoms with Crippen molar-refractivity contribution in [1.29, 1.82) is 0 Å². The third kappa shape index (κ3) is 3.83. The molecule has 1 amide bonds. The van der Waals surface area contributed by atoms with E-state index in [9.17, 15) is 26.4 Å². The van der Waals surface area contributed by atoms with Gasteiger partial charge in [-0.3, -0.25) is 0 Å². The Bertz CT molecular complexity index is 780. The van der Waals surface area contributed by atoms with Gasteiger partial charge in [0.05, 0.1) is 11.2 Å². The molecule has 1 aromatic rings. The SMILES string of the molecule is CC(C)(C)n1nc2c(c1OS(=O)(=O)C(F)(F)F)CCN(C(=O)O)CC2. The largest absolute Gasteiger partial charge is 0.534 e. The van der Waals surface area contributed by atoms with Gasteiger partial charge in [0.1, 0.15) is 0 Å². The van der Waals surface area contributed by atoms with Crippen molar-refractivity contribution in [2.45, 2.75) is 44.7 Å². The maximum atomic E-state index is 12.7. The summed E-state index contributed by atoms with van der Waals surface area (Å²) in [5.41, 5.74) is -5.92. The van der Waals surface area contributed by atoms with E-state index in [-0.39, 0.29) is 31.5 Å². The Morgan fingerprint density at radius 1 is 1.20 bits per heavy atom. The number of carbonyl (C=O) groups is 1. The summed E-state index contributed by atoms with van der Waals surface area (Å²) in [7, 11) is -5.87. The highest BCUT2D eigenvalue weighted by Crippen LogP contribution is 2.35. The van der Waals surface area contributed by atoms with Crippen molar-refractivity contribution in [3.05, 3.63) is 11.3 Å². The fraction of sp³-hybridized carbons (Fsp3) is 0.692. The van der Waals surface area contributed by atoms with Gasteiger partial charge in [-0.1, -0.05) is 0 Å². The lowest BCUT2D eigenvalue weighted by Gasteiger charge is -2.23. The quantitative estimate of drug-likeness (QED) is 0.617. The topological polar surface area (TPSA) is 102 Å². The Labute approximate surface area is 142 Å². The van der Waals surface area contributed by atoms with Crippen LogP contribution in [-0.2, 0) is 28.5 Å². The van der Waals surface area contributed by atoms with Gasteiger partial charge in [-0.15, -0.1) is 0 Å². The number of rotatable bonds is 2. The zero-order chi connectivity index (χ0) is 19.2. The van der Waals surface area contributed by atoms with Gasteiger partial charge in [0.2, 0.25) is 5.88 Å². The van der Waals surface area contributed by atoms with E-state index in [1.54, 1.807) is 20.8 Å². The second-order valence-corrected chi connectivity index (χ2v) is 8.10. The summed E-state index contributed by atoms with van der Waals surface area (Å²) in [5, 5.41) is 13.2. The molecule has 1 aromatic heterocycles. The molecule has 142 valence electrons. The molecule has 8 nitrogen and oxygen atoms in total. The van der Waals surface area contributed by atoms with E-state index < -0.39 is 33.1 Å². The van der Waals surface area contributed by atoms with Crippen LogP contribution < -0.4 is 4.18 Å². The fourth-order valence-electron chi connectivity index (χ4n) is 2.41. The van der Waals surface area contributed by atoms with E-state index in [2.05, 4.69) is 9.28 Å². The van der Waals surface area contributed by atoms with E-state index in [1.807, 2.05) is 0 Å². The number of hydrogen-bond acceptors (Lipinski definition) is 5. The first-order valence-corrected chi connectivity index (χ1v) is 8.75. The summed E-state index contributed by atoms with van der Waals surface area (Å²) in [6.45, 7) is 5.01. The van der Waals surface area contributed by atoms with Crippen LogP contribution in [0.25, 0.3) is 0 Å². The lowest BCUT2D eigenvalue weighted by atomic mass is 10.1. The van der Waals surface area contributed by atoms with Gasteiger partial charge in [-0.05, 0) is 27.2 Å². The normalized spacial score (nSPS) is 16.3. The number of fused-ring (bicyclic) bond motifs is 1. The van der Waals surface area contributed by atoms with Gasteiger partial charge in [-0.2, -0.15) is 26.7 Å². The third-order valence-corrected chi connectivity index (χ3v) is 4.59. The molecule has 25 heavy (non-hydrogen) atoms. The fourth-order valence-corrected chi connectivity index (χ4v) is 2.89. The molecule has 1 aliphatic heterocycles. The van der Waals surface area contributed by atoms with Crippen LogP contribution in [0.4, 0.5) is 18.0 Å². The van der Waals surface area contributed by atoms with Gasteiger partial charge in [0.15, 0.2) is 0 Å². The summed E-state index contributed by atoms with van der Waals surface area (Å²) in [6.07, 6.45) is -1.02. The smallest absolute Gasteiger partial charge is 0.465 e. The van der Waals surface area contributed by atoms with Crippen molar-refractivity contribution in [2.24, 2.45) is 0 Å². The van der Waals surface area contributed by atoms with Crippen LogP contribution in [-0.4, -0.2) is 52.9 Å². The van der Waals surface area contributed by atoms with Crippen molar-refractivity contribution in [3.8, 4) is 5.88 Å². The number of nitrogens with zero attached hydrogens (tertiary/aromatic N) is 3. The standard InChI is InChI=1S/C13H18F3N3O5S/c1-12(2,3)19-10(24-25(22,23)13(14,15)16)8-4-6-18(11(20)21)7-5-9(8)17-19/h4-7H2,1-3H3,(H,20,21). The summed E-state index contributed by atoms with van der Waals surface area (Å²) >= 11 is 0. The second kappa shape index (κ2) is 6.07. The summed E-state index contributed by atoms with van der Waals surface area (Å²) in [5.74, 6) is -0.521. The monoisotopic (exact) mass is 385 g/mol. The lowest BCUT2D eigenvalue weighted by Crippen LogP contribution is -2.33. The predicted molar refractivity (Wildman–Crippen MR) is 79.8 cm³/mol. The molecular formula is C13H18F3N3O5S. The number of aromatic nitrogens is 2. The number of alkyl halides is 3. The van der Waals surface area contributed by atoms with Crippen LogP contribution in [0.2, 0.25) is 0 Å². The Morgan fingerprint density at radius 3 is 2.24 bits per heavy atom. The van der Waals surface area contributed by atoms with Gasteiger partial charge in [0.25, 0.3) is 0 Å². The molecule has 0 unspecified atom stereocenters. The minimum absolute atomic E-state index is 0.000420. The first kappa shape index (κ1) is 19.3. The van der Waals surface area contributed by atoms with Gasteiger partial charge >= 0.3 is 21.7 Å². The zero-order valence-electron chi connectivity index (χ0n) is 13.8. The van der Waals surface area contributed by atoms with Gasteiger partial charge in [0, 0.05) is 25.1 Å². The molecular weight excluding hydrogens is 367 g/mol. The van der Waals surface area contributed by atoms with Crippen LogP contribution >= 0.6 is 0 Å². The average Bonchev–Trinajstić information content (AvgIpc) is 2.63. The third-order valence-electron chi connectivity index (χ3n) is 3.65. The molecule has 1 N–H and O–H groups in total. The van der Waals surface area contributed by atoms with Crippen LogP contribution in [0.1, 0.15) is 32.0 Å². The van der Waals surface area contributed by atoms with E-state index >= 15 is 0 Å². The molecule has 0 aliphatic carbocycles. The van der Waals surface area contributed by atoms with Crippen molar-refractivity contribution in [1.82, 2.24) is 14.7 Å². The maximum absolute atomic E-state index is 12.7. The number of carboxylic acid groups (broad SMARTS) is 1. The Kier molecular flexibility index (Phi) is 4.70. The molecule has 0 radical (unpaired) electrons. The minimum Gasteiger partial charge on any atom is -0.465 e. The molecule has 0 saturated heterocycles. The Hall–Kier alpha value is -1.98. The highest BCUT2D eigenvalue weighted by molar-refractivity contribution is 7.87. The highest BCUT2D eigenvalue weighted by Gasteiger charge is 2.50. The summed E-state index contributed by atoms with van der Waals surface area (Å²) in [6, 6.07) is 0. The van der Waals surface area contributed by atoms with Crippen molar-refractivity contribution in [2.75, 3.05) is 13.1 Å². The Morgan fingerprint density at radius 2 is 1.76 bits per heavy atom. The summed E-state index contributed by atoms with van der Waals surface area (Å²) < 4.78 is 66.5. The van der Waals surface area contributed by atoms with Crippen molar-refractivity contribution in [3.63, 3.8) is 0 Å². The van der Waals surface area contributed by atoms with E-state index in [0.717, 1.165) is 9.58 Å². The predicted octanol–water partition coefficient (Wildman–Crippen LogP) is 1.95. The maximum Gasteiger partial charge on any atom is 0.534 e. The molecule has 0 aromatic carbocycles. The first-order valence-electron chi connectivity index (χ1n) is 7.34. The first-order chi connectivity index (χ1) is 11.2. The average molecular weight is 385 g/mol. The van der Waals surface area contributed by atoms with Crippen LogP contribution in [0.3, 0.4) is 0 Å². The minimum atomic E-state index is -5.87. The zero-order valence-corrected chi connectivity index (χ0v) is 14.6. The molecule has 0 atom stereocenters. The lowest BCUT2D eigenvalue weighted by molar-refractivity contribution is -0.0504. The molecule has 12 heteroatoms. The van der Waals surface area contributed by atoms with Crippen molar-refractivity contribution < 1.29 is 35.7 Å². The van der Waals surface area contributed by atoms with E-state index in [4.69, 9.17) is 5.11 Å². The molecule has 0 fully saturated rings. The van der Waals surface area contributed by atoms with Gasteiger partial charge in [-0.25, -0.2) is 9.48 Å². The molecule has 0 bridgehead atoms.